The summed E-state index contributed by atoms with van der Waals surface area (Å²) < 4.78 is 27.2. The van der Waals surface area contributed by atoms with Gasteiger partial charge in [-0.15, -0.1) is 0 Å². The van der Waals surface area contributed by atoms with Gasteiger partial charge in [0.05, 0.1) is 18.0 Å². The third kappa shape index (κ3) is 5.36. The van der Waals surface area contributed by atoms with Crippen molar-refractivity contribution in [1.82, 2.24) is 0 Å². The van der Waals surface area contributed by atoms with E-state index in [0.717, 1.165) is 19.3 Å². The Morgan fingerprint density at radius 2 is 2.12 bits per heavy atom. The lowest BCUT2D eigenvalue weighted by atomic mass is 9.77. The van der Waals surface area contributed by atoms with Gasteiger partial charge in [-0.2, -0.15) is 0 Å². The zero-order chi connectivity index (χ0) is 12.9. The number of ether oxygens (including phenoxy) is 1. The zero-order valence-electron chi connectivity index (χ0n) is 10.8. The van der Waals surface area contributed by atoms with Gasteiger partial charge < -0.3 is 9.84 Å². The van der Waals surface area contributed by atoms with E-state index in [9.17, 15) is 13.5 Å². The van der Waals surface area contributed by atoms with Crippen LogP contribution in [0.3, 0.4) is 0 Å². The molecule has 0 amide bonds. The fourth-order valence-corrected chi connectivity index (χ4v) is 2.93. The van der Waals surface area contributed by atoms with Crippen LogP contribution in [0.25, 0.3) is 0 Å². The number of sulfone groups is 1. The molecule has 0 aromatic rings. The van der Waals surface area contributed by atoms with Gasteiger partial charge in [-0.1, -0.05) is 19.8 Å². The molecule has 0 aromatic carbocycles. The summed E-state index contributed by atoms with van der Waals surface area (Å²) in [6.07, 6.45) is 5.79. The molecule has 1 fully saturated rings. The molecule has 1 aliphatic rings. The molecule has 1 rings (SSSR count). The zero-order valence-corrected chi connectivity index (χ0v) is 11.6. The minimum atomic E-state index is -2.90. The Kier molecular flexibility index (Phi) is 5.41. The van der Waals surface area contributed by atoms with Gasteiger partial charge in [-0.05, 0) is 25.2 Å². The van der Waals surface area contributed by atoms with Crippen molar-refractivity contribution in [2.45, 2.75) is 44.6 Å². The van der Waals surface area contributed by atoms with Crippen LogP contribution in [0.1, 0.15) is 39.0 Å². The van der Waals surface area contributed by atoms with Crippen molar-refractivity contribution in [2.75, 3.05) is 25.2 Å². The van der Waals surface area contributed by atoms with Crippen LogP contribution in [0.5, 0.6) is 0 Å². The first-order valence-electron chi connectivity index (χ1n) is 6.31. The van der Waals surface area contributed by atoms with Gasteiger partial charge >= 0.3 is 0 Å². The van der Waals surface area contributed by atoms with Crippen LogP contribution in [0.15, 0.2) is 0 Å². The van der Waals surface area contributed by atoms with Gasteiger partial charge in [-0.25, -0.2) is 8.42 Å². The molecule has 1 N–H and O–H groups in total. The second-order valence-electron chi connectivity index (χ2n) is 5.29. The number of aliphatic hydroxyl groups is 1. The second kappa shape index (κ2) is 6.16. The normalized spacial score (nSPS) is 30.4. The standard InChI is InChI=1S/C12H24O4S/c1-11-6-3-4-7-12(11,13)10-16-8-5-9-17(2,14)15/h11,13H,3-10H2,1-2H3. The Bertz CT molecular complexity index is 325. The highest BCUT2D eigenvalue weighted by atomic mass is 32.2. The van der Waals surface area contributed by atoms with Crippen molar-refractivity contribution in [2.24, 2.45) is 5.92 Å². The molecule has 5 heteroatoms. The fraction of sp³-hybridized carbons (Fsp3) is 1.00. The molecular formula is C12H24O4S. The average molecular weight is 264 g/mol. The van der Waals surface area contributed by atoms with E-state index in [0.29, 0.717) is 19.6 Å². The van der Waals surface area contributed by atoms with Crippen molar-refractivity contribution >= 4 is 9.84 Å². The lowest BCUT2D eigenvalue weighted by Crippen LogP contribution is -2.43. The summed E-state index contributed by atoms with van der Waals surface area (Å²) in [4.78, 5) is 0. The molecule has 0 radical (unpaired) electrons. The van der Waals surface area contributed by atoms with Gasteiger partial charge in [0.15, 0.2) is 0 Å². The summed E-state index contributed by atoms with van der Waals surface area (Å²) in [5.74, 6) is 0.423. The predicted octanol–water partition coefficient (Wildman–Crippen LogP) is 1.38. The summed E-state index contributed by atoms with van der Waals surface area (Å²) in [7, 11) is -2.90. The third-order valence-corrected chi connectivity index (χ3v) is 4.60. The first-order chi connectivity index (χ1) is 7.83. The molecule has 1 aliphatic carbocycles. The minimum Gasteiger partial charge on any atom is -0.387 e. The molecule has 2 unspecified atom stereocenters. The molecule has 0 saturated heterocycles. The highest BCUT2D eigenvalue weighted by Gasteiger charge is 2.36. The van der Waals surface area contributed by atoms with Crippen LogP contribution in [0.2, 0.25) is 0 Å². The third-order valence-electron chi connectivity index (χ3n) is 3.57. The smallest absolute Gasteiger partial charge is 0.147 e. The maximum atomic E-state index is 10.9. The highest BCUT2D eigenvalue weighted by molar-refractivity contribution is 7.90. The molecule has 0 heterocycles. The van der Waals surface area contributed by atoms with Crippen LogP contribution in [0, 0.1) is 5.92 Å². The Hall–Kier alpha value is -0.130. The maximum Gasteiger partial charge on any atom is 0.147 e. The molecule has 0 bridgehead atoms. The monoisotopic (exact) mass is 264 g/mol. The molecule has 1 saturated carbocycles. The molecular weight excluding hydrogens is 240 g/mol. The summed E-state index contributed by atoms with van der Waals surface area (Å²) in [6.45, 7) is 2.79. The number of hydrogen-bond acceptors (Lipinski definition) is 4. The first kappa shape index (κ1) is 14.9. The summed E-state index contributed by atoms with van der Waals surface area (Å²) in [6, 6.07) is 0. The fourth-order valence-electron chi connectivity index (χ4n) is 2.28. The van der Waals surface area contributed by atoms with Crippen molar-refractivity contribution in [3.8, 4) is 0 Å². The van der Waals surface area contributed by atoms with Gasteiger partial charge in [0.2, 0.25) is 0 Å². The van der Waals surface area contributed by atoms with E-state index in [4.69, 9.17) is 4.74 Å². The second-order valence-corrected chi connectivity index (χ2v) is 7.55. The summed E-state index contributed by atoms with van der Waals surface area (Å²) >= 11 is 0. The molecule has 2 atom stereocenters. The Morgan fingerprint density at radius 1 is 1.41 bits per heavy atom. The lowest BCUT2D eigenvalue weighted by Gasteiger charge is -2.37. The van der Waals surface area contributed by atoms with Crippen molar-refractivity contribution in [3.05, 3.63) is 0 Å². The maximum absolute atomic E-state index is 10.9. The molecule has 4 nitrogen and oxygen atoms in total. The first-order valence-corrected chi connectivity index (χ1v) is 8.37. The van der Waals surface area contributed by atoms with Crippen molar-refractivity contribution < 1.29 is 18.3 Å². The van der Waals surface area contributed by atoms with Gasteiger partial charge in [0.25, 0.3) is 0 Å². The average Bonchev–Trinajstić information content (AvgIpc) is 2.21. The lowest BCUT2D eigenvalue weighted by molar-refractivity contribution is -0.0997. The predicted molar refractivity (Wildman–Crippen MR) is 67.7 cm³/mol. The molecule has 0 aromatic heterocycles. The van der Waals surface area contributed by atoms with E-state index >= 15 is 0 Å². The highest BCUT2D eigenvalue weighted by Crippen LogP contribution is 2.33. The number of hydrogen-bond donors (Lipinski definition) is 1. The Morgan fingerprint density at radius 3 is 2.71 bits per heavy atom. The van der Waals surface area contributed by atoms with E-state index in [1.165, 1.54) is 12.7 Å². The van der Waals surface area contributed by atoms with Crippen LogP contribution < -0.4 is 0 Å². The van der Waals surface area contributed by atoms with E-state index < -0.39 is 15.4 Å². The van der Waals surface area contributed by atoms with Gasteiger partial charge in [0.1, 0.15) is 9.84 Å². The van der Waals surface area contributed by atoms with E-state index in [-0.39, 0.29) is 11.7 Å². The number of rotatable bonds is 6. The van der Waals surface area contributed by atoms with Crippen LogP contribution in [0.4, 0.5) is 0 Å². The van der Waals surface area contributed by atoms with Crippen molar-refractivity contribution in [3.63, 3.8) is 0 Å². The largest absolute Gasteiger partial charge is 0.387 e. The molecule has 102 valence electrons. The van der Waals surface area contributed by atoms with Crippen LogP contribution in [-0.4, -0.2) is 44.3 Å². The van der Waals surface area contributed by atoms with Gasteiger partial charge in [-0.3, -0.25) is 0 Å². The molecule has 17 heavy (non-hydrogen) atoms. The van der Waals surface area contributed by atoms with E-state index in [2.05, 4.69) is 6.92 Å². The van der Waals surface area contributed by atoms with Crippen molar-refractivity contribution in [1.29, 1.82) is 0 Å². The van der Waals surface area contributed by atoms with Crippen LogP contribution in [-0.2, 0) is 14.6 Å². The SMILES string of the molecule is CC1CCCCC1(O)COCCCS(C)(=O)=O. The molecule has 0 spiro atoms. The summed E-state index contributed by atoms with van der Waals surface area (Å²) in [5.41, 5.74) is -0.705. The van der Waals surface area contributed by atoms with Crippen LogP contribution >= 0.6 is 0 Å². The van der Waals surface area contributed by atoms with E-state index in [1.54, 1.807) is 0 Å². The molecule has 0 aliphatic heterocycles. The topological polar surface area (TPSA) is 63.6 Å². The van der Waals surface area contributed by atoms with Gasteiger partial charge in [0, 0.05) is 12.9 Å². The summed E-state index contributed by atoms with van der Waals surface area (Å²) in [5, 5.41) is 10.4. The Labute approximate surface area is 104 Å². The quantitative estimate of drug-likeness (QED) is 0.736. The Balaban J connectivity index is 2.21. The minimum absolute atomic E-state index is 0.154. The van der Waals surface area contributed by atoms with E-state index in [1.807, 2.05) is 0 Å².